The molecule has 8 heteroatoms. The maximum Gasteiger partial charge on any atom is 0.387 e. The Balaban J connectivity index is 1.50. The van der Waals surface area contributed by atoms with Crippen LogP contribution in [0.15, 0.2) is 53.5 Å². The molecule has 0 saturated carbocycles. The Hall–Kier alpha value is -2.06. The van der Waals surface area contributed by atoms with Crippen LogP contribution in [0.1, 0.15) is 11.1 Å². The van der Waals surface area contributed by atoms with E-state index in [0.717, 1.165) is 21.4 Å². The number of alkyl halides is 2. The first-order valence-corrected chi connectivity index (χ1v) is 10.2. The van der Waals surface area contributed by atoms with Crippen molar-refractivity contribution in [2.24, 2.45) is 4.99 Å². The van der Waals surface area contributed by atoms with Crippen molar-refractivity contribution in [3.63, 3.8) is 0 Å². The Morgan fingerprint density at radius 3 is 2.74 bits per heavy atom. The smallest absolute Gasteiger partial charge is 0.387 e. The Bertz CT molecular complexity index is 829. The third-order valence-electron chi connectivity index (χ3n) is 3.87. The van der Waals surface area contributed by atoms with Gasteiger partial charge in [-0.3, -0.25) is 4.79 Å². The van der Waals surface area contributed by atoms with Gasteiger partial charge in [-0.15, -0.1) is 0 Å². The van der Waals surface area contributed by atoms with E-state index >= 15 is 0 Å². The molecule has 1 aliphatic heterocycles. The minimum absolute atomic E-state index is 0.0185. The van der Waals surface area contributed by atoms with Gasteiger partial charge < -0.3 is 9.64 Å². The summed E-state index contributed by atoms with van der Waals surface area (Å²) in [6, 6.07) is 14.3. The van der Waals surface area contributed by atoms with Crippen molar-refractivity contribution in [1.82, 2.24) is 4.90 Å². The van der Waals surface area contributed by atoms with Crippen LogP contribution in [-0.2, 0) is 17.1 Å². The molecule has 3 rings (SSSR count). The summed E-state index contributed by atoms with van der Waals surface area (Å²) in [5.41, 5.74) is 3.01. The Morgan fingerprint density at radius 2 is 2.00 bits per heavy atom. The highest BCUT2D eigenvalue weighted by Crippen LogP contribution is 2.34. The number of hydrogen-bond acceptors (Lipinski definition) is 5. The van der Waals surface area contributed by atoms with Gasteiger partial charge in [0.2, 0.25) is 5.91 Å². The summed E-state index contributed by atoms with van der Waals surface area (Å²) in [5.74, 6) is 1.25. The molecule has 0 aliphatic carbocycles. The number of thioether (sulfide) groups is 2. The van der Waals surface area contributed by atoms with Crippen LogP contribution in [0.3, 0.4) is 0 Å². The van der Waals surface area contributed by atoms with E-state index in [1.165, 1.54) is 29.5 Å². The third kappa shape index (κ3) is 5.71. The zero-order valence-corrected chi connectivity index (χ0v) is 16.2. The molecule has 27 heavy (non-hydrogen) atoms. The Morgan fingerprint density at radius 1 is 1.26 bits per heavy atom. The molecule has 1 aliphatic rings. The molecule has 0 saturated heterocycles. The molecule has 2 aromatic rings. The molecule has 0 atom stereocenters. The van der Waals surface area contributed by atoms with E-state index in [1.807, 2.05) is 18.2 Å². The van der Waals surface area contributed by atoms with Crippen molar-refractivity contribution in [3.8, 4) is 5.75 Å². The number of benzene rings is 2. The summed E-state index contributed by atoms with van der Waals surface area (Å²) in [7, 11) is 1.72. The molecule has 1 amide bonds. The zero-order chi connectivity index (χ0) is 19.2. The largest absolute Gasteiger partial charge is 0.435 e. The van der Waals surface area contributed by atoms with Crippen molar-refractivity contribution in [2.75, 3.05) is 12.8 Å². The number of aliphatic imine (C=N–C) groups is 1. The van der Waals surface area contributed by atoms with Gasteiger partial charge in [0.25, 0.3) is 0 Å². The van der Waals surface area contributed by atoms with E-state index in [1.54, 1.807) is 35.8 Å². The van der Waals surface area contributed by atoms with Gasteiger partial charge in [-0.2, -0.15) is 8.78 Å². The van der Waals surface area contributed by atoms with Gasteiger partial charge in [0.15, 0.2) is 0 Å². The lowest BCUT2D eigenvalue weighted by atomic mass is 10.2. The van der Waals surface area contributed by atoms with Crippen molar-refractivity contribution < 1.29 is 18.3 Å². The summed E-state index contributed by atoms with van der Waals surface area (Å²) < 4.78 is 29.5. The normalized spacial score (nSPS) is 13.1. The second-order valence-electron chi connectivity index (χ2n) is 5.86. The van der Waals surface area contributed by atoms with Gasteiger partial charge in [-0.1, -0.05) is 53.9 Å². The fourth-order valence-electron chi connectivity index (χ4n) is 2.46. The zero-order valence-electron chi connectivity index (χ0n) is 14.6. The average molecular weight is 408 g/mol. The van der Waals surface area contributed by atoms with Gasteiger partial charge in [0, 0.05) is 19.3 Å². The average Bonchev–Trinajstić information content (AvgIpc) is 2.67. The summed E-state index contributed by atoms with van der Waals surface area (Å²) >= 11 is 3.07. The molecule has 2 aromatic carbocycles. The lowest BCUT2D eigenvalue weighted by Gasteiger charge is -2.18. The number of hydrogen-bond donors (Lipinski definition) is 0. The summed E-state index contributed by atoms with van der Waals surface area (Å²) in [6.07, 6.45) is 0. The van der Waals surface area contributed by atoms with E-state index in [9.17, 15) is 13.6 Å². The molecule has 142 valence electrons. The summed E-state index contributed by atoms with van der Waals surface area (Å²) in [4.78, 5) is 18.6. The molecule has 0 N–H and O–H groups in total. The van der Waals surface area contributed by atoms with E-state index in [4.69, 9.17) is 0 Å². The molecule has 0 fully saturated rings. The van der Waals surface area contributed by atoms with Crippen molar-refractivity contribution in [1.29, 1.82) is 0 Å². The molecule has 0 aromatic heterocycles. The van der Waals surface area contributed by atoms with Crippen LogP contribution >= 0.6 is 23.5 Å². The topological polar surface area (TPSA) is 41.9 Å². The standard InChI is InChI=1S/C19H18F2N2O2S2/c1-23(10-13-6-8-15(9-7-13)25-18(20)21)17(24)12-27-19-22-16-5-3-2-4-14(16)11-26-19/h2-9,18H,10-12H2,1H3. The second-order valence-corrected chi connectivity index (χ2v) is 8.04. The van der Waals surface area contributed by atoms with Crippen LogP contribution in [0.5, 0.6) is 5.75 Å². The second kappa shape index (κ2) is 9.23. The number of ether oxygens (including phenoxy) is 1. The molecule has 0 radical (unpaired) electrons. The fourth-order valence-corrected chi connectivity index (χ4v) is 4.46. The maximum absolute atomic E-state index is 12.4. The molecular formula is C19H18F2N2O2S2. The van der Waals surface area contributed by atoms with E-state index in [-0.39, 0.29) is 11.7 Å². The molecule has 1 heterocycles. The van der Waals surface area contributed by atoms with Gasteiger partial charge in [-0.05, 0) is 29.3 Å². The number of rotatable bonds is 6. The molecular weight excluding hydrogens is 390 g/mol. The van der Waals surface area contributed by atoms with Crippen molar-refractivity contribution in [3.05, 3.63) is 59.7 Å². The van der Waals surface area contributed by atoms with Crippen LogP contribution in [0.2, 0.25) is 0 Å². The molecule has 0 bridgehead atoms. The van der Waals surface area contributed by atoms with Crippen LogP contribution in [-0.4, -0.2) is 34.6 Å². The lowest BCUT2D eigenvalue weighted by Crippen LogP contribution is -2.28. The van der Waals surface area contributed by atoms with E-state index in [0.29, 0.717) is 12.3 Å². The Labute approximate surface area is 165 Å². The fraction of sp³-hybridized carbons (Fsp3) is 0.263. The Kier molecular flexibility index (Phi) is 6.73. The first-order chi connectivity index (χ1) is 13.0. The number of para-hydroxylation sites is 1. The van der Waals surface area contributed by atoms with Crippen LogP contribution in [0.4, 0.5) is 14.5 Å². The van der Waals surface area contributed by atoms with Crippen molar-refractivity contribution in [2.45, 2.75) is 18.9 Å². The number of nitrogens with zero attached hydrogens (tertiary/aromatic N) is 2. The first-order valence-electron chi connectivity index (χ1n) is 8.21. The minimum atomic E-state index is -2.84. The third-order valence-corrected chi connectivity index (χ3v) is 6.10. The number of carbonyl (C=O) groups is 1. The van der Waals surface area contributed by atoms with E-state index in [2.05, 4.69) is 15.8 Å². The van der Waals surface area contributed by atoms with E-state index < -0.39 is 6.61 Å². The highest BCUT2D eigenvalue weighted by Gasteiger charge is 2.16. The molecule has 0 unspecified atom stereocenters. The monoisotopic (exact) mass is 408 g/mol. The number of fused-ring (bicyclic) bond motifs is 1. The van der Waals surface area contributed by atoms with Gasteiger partial charge in [-0.25, -0.2) is 4.99 Å². The highest BCUT2D eigenvalue weighted by atomic mass is 32.2. The molecule has 4 nitrogen and oxygen atoms in total. The lowest BCUT2D eigenvalue weighted by molar-refractivity contribution is -0.127. The van der Waals surface area contributed by atoms with Crippen molar-refractivity contribution >= 4 is 39.5 Å². The van der Waals surface area contributed by atoms with Crippen LogP contribution in [0.25, 0.3) is 0 Å². The van der Waals surface area contributed by atoms with Crippen LogP contribution < -0.4 is 4.74 Å². The minimum Gasteiger partial charge on any atom is -0.435 e. The van der Waals surface area contributed by atoms with Gasteiger partial charge in [0.1, 0.15) is 10.1 Å². The van der Waals surface area contributed by atoms with Gasteiger partial charge in [0.05, 0.1) is 11.4 Å². The SMILES string of the molecule is CN(Cc1ccc(OC(F)F)cc1)C(=O)CSC1=Nc2ccccc2CS1. The number of carbonyl (C=O) groups excluding carboxylic acids is 1. The maximum atomic E-state index is 12.4. The quantitative estimate of drug-likeness (QED) is 0.681. The predicted octanol–water partition coefficient (Wildman–Crippen LogP) is 4.91. The summed E-state index contributed by atoms with van der Waals surface area (Å²) in [5, 5.41) is 0. The number of halogens is 2. The predicted molar refractivity (Wildman–Crippen MR) is 107 cm³/mol. The summed E-state index contributed by atoms with van der Waals surface area (Å²) in [6.45, 7) is -2.44. The first kappa shape index (κ1) is 19.7. The van der Waals surface area contributed by atoms with Gasteiger partial charge >= 0.3 is 6.61 Å². The highest BCUT2D eigenvalue weighted by molar-refractivity contribution is 8.38. The molecule has 0 spiro atoms. The number of amides is 1. The van der Waals surface area contributed by atoms with Crippen LogP contribution in [0, 0.1) is 0 Å².